The number of aryl methyl sites for hydroxylation is 2. The Bertz CT molecular complexity index is 833. The van der Waals surface area contributed by atoms with Crippen LogP contribution < -0.4 is 0 Å². The number of hydrogen-bond acceptors (Lipinski definition) is 2. The Balaban J connectivity index is 2.10. The van der Waals surface area contributed by atoms with Gasteiger partial charge in [-0.25, -0.2) is 13.8 Å². The van der Waals surface area contributed by atoms with Gasteiger partial charge in [-0.15, -0.1) is 11.3 Å². The Morgan fingerprint density at radius 2 is 1.65 bits per heavy atom. The third-order valence-corrected chi connectivity index (χ3v) is 5.18. The van der Waals surface area contributed by atoms with Gasteiger partial charge < -0.3 is 0 Å². The van der Waals surface area contributed by atoms with Crippen LogP contribution >= 0.6 is 22.9 Å². The van der Waals surface area contributed by atoms with E-state index in [9.17, 15) is 8.78 Å². The zero-order valence-corrected chi connectivity index (χ0v) is 14.2. The van der Waals surface area contributed by atoms with E-state index in [4.69, 9.17) is 11.6 Å². The molecule has 0 saturated carbocycles. The highest BCUT2D eigenvalue weighted by Gasteiger charge is 2.17. The summed E-state index contributed by atoms with van der Waals surface area (Å²) >= 11 is 7.30. The molecule has 0 aliphatic carbocycles. The lowest BCUT2D eigenvalue weighted by Gasteiger charge is -2.08. The van der Waals surface area contributed by atoms with Gasteiger partial charge in [-0.05, 0) is 48.7 Å². The molecular formula is C18H14ClF2NS. The molecule has 0 fully saturated rings. The summed E-state index contributed by atoms with van der Waals surface area (Å²) in [5, 5.41) is 1.48. The van der Waals surface area contributed by atoms with E-state index in [0.717, 1.165) is 22.0 Å². The van der Waals surface area contributed by atoms with Crippen molar-refractivity contribution in [3.8, 4) is 21.6 Å². The predicted molar refractivity (Wildman–Crippen MR) is 92.0 cm³/mol. The van der Waals surface area contributed by atoms with Crippen LogP contribution in [-0.4, -0.2) is 4.98 Å². The summed E-state index contributed by atoms with van der Waals surface area (Å²) in [5.74, 6) is -1.18. The topological polar surface area (TPSA) is 12.9 Å². The molecule has 1 aromatic heterocycles. The molecule has 0 bridgehead atoms. The van der Waals surface area contributed by atoms with Gasteiger partial charge in [-0.2, -0.15) is 0 Å². The molecule has 3 rings (SSSR count). The molecule has 0 radical (unpaired) electrons. The monoisotopic (exact) mass is 349 g/mol. The molecule has 0 spiro atoms. The van der Waals surface area contributed by atoms with Crippen LogP contribution in [0.5, 0.6) is 0 Å². The van der Waals surface area contributed by atoms with Gasteiger partial charge in [0.15, 0.2) is 0 Å². The normalized spacial score (nSPS) is 11.0. The van der Waals surface area contributed by atoms with Gasteiger partial charge in [0.05, 0.1) is 21.1 Å². The average Bonchev–Trinajstić information content (AvgIpc) is 2.89. The molecule has 0 N–H and O–H groups in total. The van der Waals surface area contributed by atoms with Crippen molar-refractivity contribution in [2.45, 2.75) is 20.3 Å². The second-order valence-electron chi connectivity index (χ2n) is 5.20. The molecule has 0 saturated heterocycles. The molecule has 0 atom stereocenters. The molecule has 0 unspecified atom stereocenters. The van der Waals surface area contributed by atoms with E-state index < -0.39 is 11.6 Å². The van der Waals surface area contributed by atoms with Crippen LogP contribution in [0.15, 0.2) is 36.4 Å². The SMILES string of the molecule is CCc1nc(C)c(-c2cc(F)c(-c3ccc(Cl)cc3)c(F)c2)s1. The van der Waals surface area contributed by atoms with E-state index in [2.05, 4.69) is 4.98 Å². The summed E-state index contributed by atoms with van der Waals surface area (Å²) < 4.78 is 29.0. The van der Waals surface area contributed by atoms with Crippen molar-refractivity contribution in [1.29, 1.82) is 0 Å². The van der Waals surface area contributed by atoms with Crippen LogP contribution in [0.2, 0.25) is 5.02 Å². The standard InChI is InChI=1S/C18H14ClF2NS/c1-3-16-22-10(2)18(23-16)12-8-14(20)17(15(21)9-12)11-4-6-13(19)7-5-11/h4-9H,3H2,1-2H3. The first kappa shape index (κ1) is 16.1. The summed E-state index contributed by atoms with van der Waals surface area (Å²) in [5.41, 5.74) is 1.74. The maximum atomic E-state index is 14.5. The first-order chi connectivity index (χ1) is 11.0. The van der Waals surface area contributed by atoms with E-state index in [0.29, 0.717) is 16.1 Å². The highest BCUT2D eigenvalue weighted by atomic mass is 35.5. The summed E-state index contributed by atoms with van der Waals surface area (Å²) in [6.45, 7) is 3.86. The lowest BCUT2D eigenvalue weighted by molar-refractivity contribution is 0.590. The van der Waals surface area contributed by atoms with Crippen molar-refractivity contribution in [3.63, 3.8) is 0 Å². The minimum absolute atomic E-state index is 0.0386. The Morgan fingerprint density at radius 1 is 1.04 bits per heavy atom. The van der Waals surface area contributed by atoms with Gasteiger partial charge in [-0.3, -0.25) is 0 Å². The lowest BCUT2D eigenvalue weighted by atomic mass is 10.0. The number of benzene rings is 2. The summed E-state index contributed by atoms with van der Waals surface area (Å²) in [6.07, 6.45) is 0.805. The van der Waals surface area contributed by atoms with Gasteiger partial charge >= 0.3 is 0 Å². The zero-order valence-electron chi connectivity index (χ0n) is 12.7. The first-order valence-corrected chi connectivity index (χ1v) is 8.40. The predicted octanol–water partition coefficient (Wildman–Crippen LogP) is 6.28. The highest BCUT2D eigenvalue weighted by Crippen LogP contribution is 2.35. The molecule has 0 aliphatic rings. The Morgan fingerprint density at radius 3 is 2.17 bits per heavy atom. The van der Waals surface area contributed by atoms with Gasteiger partial charge in [0.25, 0.3) is 0 Å². The fraction of sp³-hybridized carbons (Fsp3) is 0.167. The highest BCUT2D eigenvalue weighted by molar-refractivity contribution is 7.15. The second-order valence-corrected chi connectivity index (χ2v) is 6.72. The van der Waals surface area contributed by atoms with Crippen molar-refractivity contribution in [2.75, 3.05) is 0 Å². The summed E-state index contributed by atoms with van der Waals surface area (Å²) in [4.78, 5) is 5.22. The van der Waals surface area contributed by atoms with Gasteiger partial charge in [0.1, 0.15) is 11.6 Å². The Labute approximate surface area is 142 Å². The maximum absolute atomic E-state index is 14.5. The molecule has 0 aliphatic heterocycles. The molecule has 2 aromatic carbocycles. The van der Waals surface area contributed by atoms with Gasteiger partial charge in [-0.1, -0.05) is 30.7 Å². The van der Waals surface area contributed by atoms with Crippen molar-refractivity contribution < 1.29 is 8.78 Å². The van der Waals surface area contributed by atoms with E-state index in [1.54, 1.807) is 24.3 Å². The van der Waals surface area contributed by atoms with Crippen LogP contribution in [0.1, 0.15) is 17.6 Å². The molecule has 3 aromatic rings. The number of aromatic nitrogens is 1. The summed E-state index contributed by atoms with van der Waals surface area (Å²) in [7, 11) is 0. The minimum atomic E-state index is -0.590. The molecule has 0 amide bonds. The lowest BCUT2D eigenvalue weighted by Crippen LogP contribution is -1.92. The van der Waals surface area contributed by atoms with Gasteiger partial charge in [0, 0.05) is 5.02 Å². The molecule has 23 heavy (non-hydrogen) atoms. The third-order valence-electron chi connectivity index (χ3n) is 3.58. The molecule has 1 nitrogen and oxygen atoms in total. The largest absolute Gasteiger partial charge is 0.246 e. The zero-order chi connectivity index (χ0) is 16.6. The van der Waals surface area contributed by atoms with E-state index in [1.807, 2.05) is 13.8 Å². The van der Waals surface area contributed by atoms with Crippen LogP contribution in [0.3, 0.4) is 0 Å². The Hall–Kier alpha value is -1.78. The number of nitrogens with zero attached hydrogens (tertiary/aromatic N) is 1. The number of hydrogen-bond donors (Lipinski definition) is 0. The van der Waals surface area contributed by atoms with Crippen LogP contribution in [0.4, 0.5) is 8.78 Å². The van der Waals surface area contributed by atoms with E-state index in [1.165, 1.54) is 23.5 Å². The number of rotatable bonds is 3. The molecular weight excluding hydrogens is 336 g/mol. The smallest absolute Gasteiger partial charge is 0.134 e. The quantitative estimate of drug-likeness (QED) is 0.542. The third kappa shape index (κ3) is 3.14. The minimum Gasteiger partial charge on any atom is -0.246 e. The first-order valence-electron chi connectivity index (χ1n) is 7.21. The Kier molecular flexibility index (Phi) is 4.46. The fourth-order valence-electron chi connectivity index (χ4n) is 2.47. The van der Waals surface area contributed by atoms with Gasteiger partial charge in [0.2, 0.25) is 0 Å². The average molecular weight is 350 g/mol. The van der Waals surface area contributed by atoms with Crippen molar-refractivity contribution in [2.24, 2.45) is 0 Å². The second kappa shape index (κ2) is 6.38. The van der Waals surface area contributed by atoms with Crippen molar-refractivity contribution in [3.05, 3.63) is 63.8 Å². The van der Waals surface area contributed by atoms with Crippen LogP contribution in [0, 0.1) is 18.6 Å². The maximum Gasteiger partial charge on any atom is 0.134 e. The van der Waals surface area contributed by atoms with Crippen molar-refractivity contribution >= 4 is 22.9 Å². The van der Waals surface area contributed by atoms with E-state index in [-0.39, 0.29) is 5.56 Å². The fourth-order valence-corrected chi connectivity index (χ4v) is 3.59. The number of thiazole rings is 1. The summed E-state index contributed by atoms with van der Waals surface area (Å²) in [6, 6.07) is 9.18. The molecule has 5 heteroatoms. The molecule has 1 heterocycles. The number of halogens is 3. The van der Waals surface area contributed by atoms with E-state index >= 15 is 0 Å². The van der Waals surface area contributed by atoms with Crippen molar-refractivity contribution in [1.82, 2.24) is 4.98 Å². The molecule has 118 valence electrons. The van der Waals surface area contributed by atoms with Crippen LogP contribution in [0.25, 0.3) is 21.6 Å². The van der Waals surface area contributed by atoms with Crippen LogP contribution in [-0.2, 0) is 6.42 Å².